The van der Waals surface area contributed by atoms with Gasteiger partial charge in [0.15, 0.2) is 52.6 Å². The summed E-state index contributed by atoms with van der Waals surface area (Å²) in [5, 5.41) is 161. The van der Waals surface area contributed by atoms with Gasteiger partial charge in [-0.2, -0.15) is 0 Å². The molecule has 5 aromatic rings. The summed E-state index contributed by atoms with van der Waals surface area (Å²) in [6.45, 7) is -2.57. The van der Waals surface area contributed by atoms with Crippen molar-refractivity contribution in [2.45, 2.75) is 98.5 Å². The van der Waals surface area contributed by atoms with E-state index in [0.717, 1.165) is 42.5 Å². The van der Waals surface area contributed by atoms with Gasteiger partial charge < -0.3 is 129 Å². The Kier molecular flexibility index (Phi) is 20.4. The Bertz CT molecular complexity index is 3340. The fourth-order valence-corrected chi connectivity index (χ4v) is 9.00. The molecule has 4 heterocycles. The lowest BCUT2D eigenvalue weighted by Crippen LogP contribution is -2.65. The van der Waals surface area contributed by atoms with Gasteiger partial charge in [-0.15, -0.1) is 0 Å². The number of hydrogen-bond donors (Lipinski definition) is 15. The summed E-state index contributed by atoms with van der Waals surface area (Å²) in [5.41, 5.74) is 0.0598. The SMILES string of the molecule is COc1cc(C=CC(=O)OC[C@@H]2O[C@@H](Oc3cc4c(O[C@@H]5O[C@@H](COC(=O)CC(=O)O)[C@H](O)[C@H](O)[C@@H]5O)cc(O)cc4[o+]c3-c3cc(O)c(O)c(O)c3)[C@H](O[C@@H]3O[C@H](COC(=O)C=Cc4ccc(O)c(OC)c4)[C@H](O)[C@H](O)[C@H]3O)[C@@H](O)[C@H]2O)ccc1O. The minimum absolute atomic E-state index is 0.0712. The second kappa shape index (κ2) is 27.7. The summed E-state index contributed by atoms with van der Waals surface area (Å²) in [6.07, 6.45) is -27.1. The lowest BCUT2D eigenvalue weighted by molar-refractivity contribution is -0.358. The molecule has 15 N–H and O–H groups in total. The Balaban J connectivity index is 1.14. The number of hydrogen-bond acceptors (Lipinski definition) is 29. The number of benzene rings is 4. The maximum absolute atomic E-state index is 13.1. The molecule has 31 heteroatoms. The van der Waals surface area contributed by atoms with Crippen LogP contribution in [0.1, 0.15) is 17.5 Å². The van der Waals surface area contributed by atoms with E-state index in [9.17, 15) is 90.7 Å². The van der Waals surface area contributed by atoms with Crippen LogP contribution in [0.25, 0.3) is 34.4 Å². The number of phenolic OH excluding ortho intramolecular Hbond substituents is 6. The fourth-order valence-electron chi connectivity index (χ4n) is 9.00. The van der Waals surface area contributed by atoms with Crippen molar-refractivity contribution in [3.63, 3.8) is 0 Å². The molecule has 87 heavy (non-hydrogen) atoms. The molecule has 3 saturated heterocycles. The van der Waals surface area contributed by atoms with Crippen LogP contribution in [0.4, 0.5) is 0 Å². The molecule has 0 saturated carbocycles. The number of rotatable bonds is 21. The summed E-state index contributed by atoms with van der Waals surface area (Å²) >= 11 is 0. The number of aromatic hydroxyl groups is 6. The average molecular weight is 1230 g/mol. The first kappa shape index (κ1) is 64.2. The number of methoxy groups -OCH3 is 2. The van der Waals surface area contributed by atoms with E-state index < -0.39 is 182 Å². The van der Waals surface area contributed by atoms with Crippen LogP contribution in [-0.2, 0) is 52.3 Å². The number of phenols is 6. The predicted molar refractivity (Wildman–Crippen MR) is 285 cm³/mol. The Morgan fingerprint density at radius 1 is 0.517 bits per heavy atom. The molecule has 468 valence electrons. The highest BCUT2D eigenvalue weighted by atomic mass is 16.8. The number of esters is 3. The molecular weight excluding hydrogens is 1170 g/mol. The molecule has 31 nitrogen and oxygen atoms in total. The van der Waals surface area contributed by atoms with Gasteiger partial charge in [0.1, 0.15) is 110 Å². The third-order valence-corrected chi connectivity index (χ3v) is 13.6. The zero-order valence-electron chi connectivity index (χ0n) is 45.4. The highest BCUT2D eigenvalue weighted by Gasteiger charge is 2.53. The predicted octanol–water partition coefficient (Wildman–Crippen LogP) is -0.632. The summed E-state index contributed by atoms with van der Waals surface area (Å²) < 4.78 is 67.7. The van der Waals surface area contributed by atoms with Crippen LogP contribution in [-0.4, -0.2) is 227 Å². The standard InChI is InChI=1S/C56H58O31/c1-76-33-11-22(3-7-27(33)58)5-9-40(64)78-19-36-44(68)48(72)51(75)55(85-36)87-53-49(73)46(70)38(20-79-41(65)10-6-23-4-8-28(59)34(12-23)77-2)86-56(53)83-35-17-26-31(81-52(35)24-13-29(60)43(67)30(61)14-24)15-25(57)16-32(26)82-54-50(74)47(71)45(69)37(84-54)21-80-42(66)18-39(62)63/h3-17,36-38,44-51,53-56,68-75H,18-21H2,1-2H3,(H6-,57,58,59,60,61,62,63,64,65,67)/p+1/t36-,37+,38+,44+,45+,46+,47+,48+,49+,50+,51-,53-,54-,55+,56-/m1/s1. The van der Waals surface area contributed by atoms with Crippen LogP contribution in [0.3, 0.4) is 0 Å². The van der Waals surface area contributed by atoms with Gasteiger partial charge in [-0.05, 0) is 47.5 Å². The minimum atomic E-state index is -2.26. The second-order valence-corrected chi connectivity index (χ2v) is 19.6. The van der Waals surface area contributed by atoms with E-state index in [1.807, 2.05) is 0 Å². The van der Waals surface area contributed by atoms with E-state index in [1.165, 1.54) is 62.8 Å². The van der Waals surface area contributed by atoms with E-state index in [4.69, 9.17) is 61.6 Å². The number of fused-ring (bicyclic) bond motifs is 1. The zero-order chi connectivity index (χ0) is 63.1. The summed E-state index contributed by atoms with van der Waals surface area (Å²) in [4.78, 5) is 49.1. The van der Waals surface area contributed by atoms with Gasteiger partial charge >= 0.3 is 35.2 Å². The molecule has 0 radical (unpaired) electrons. The number of aliphatic hydroxyl groups excluding tert-OH is 8. The van der Waals surface area contributed by atoms with Crippen LogP contribution < -0.4 is 18.9 Å². The number of carboxylic acids is 1. The van der Waals surface area contributed by atoms with Gasteiger partial charge in [-0.1, -0.05) is 12.1 Å². The number of carboxylic acid groups (broad SMARTS) is 1. The first-order chi connectivity index (χ1) is 41.3. The van der Waals surface area contributed by atoms with Crippen LogP contribution in [0.5, 0.6) is 57.5 Å². The molecule has 15 atom stereocenters. The first-order valence-electron chi connectivity index (χ1n) is 25.9. The molecule has 0 unspecified atom stereocenters. The van der Waals surface area contributed by atoms with Crippen molar-refractivity contribution in [3.8, 4) is 68.8 Å². The van der Waals surface area contributed by atoms with Crippen molar-refractivity contribution in [3.05, 3.63) is 90.0 Å². The highest BCUT2D eigenvalue weighted by Crippen LogP contribution is 2.46. The third kappa shape index (κ3) is 15.1. The first-order valence-corrected chi connectivity index (χ1v) is 25.9. The molecule has 0 spiro atoms. The van der Waals surface area contributed by atoms with Gasteiger partial charge in [-0.25, -0.2) is 14.0 Å². The van der Waals surface area contributed by atoms with Crippen LogP contribution in [0.15, 0.2) is 83.3 Å². The van der Waals surface area contributed by atoms with Crippen LogP contribution >= 0.6 is 0 Å². The largest absolute Gasteiger partial charge is 0.507 e. The highest BCUT2D eigenvalue weighted by molar-refractivity contribution is 5.91. The molecule has 1 aromatic heterocycles. The lowest BCUT2D eigenvalue weighted by Gasteiger charge is -2.45. The average Bonchev–Trinajstić information content (AvgIpc) is 2.52. The molecule has 4 aromatic carbocycles. The topological polar surface area (TPSA) is 485 Å². The van der Waals surface area contributed by atoms with Crippen molar-refractivity contribution in [2.75, 3.05) is 34.0 Å². The van der Waals surface area contributed by atoms with Gasteiger partial charge in [-0.3, -0.25) is 9.59 Å². The minimum Gasteiger partial charge on any atom is -0.507 e. The van der Waals surface area contributed by atoms with Crippen molar-refractivity contribution in [2.24, 2.45) is 0 Å². The van der Waals surface area contributed by atoms with Crippen LogP contribution in [0, 0.1) is 0 Å². The van der Waals surface area contributed by atoms with Crippen molar-refractivity contribution < 1.29 is 152 Å². The Hall–Kier alpha value is -8.83. The van der Waals surface area contributed by atoms with Gasteiger partial charge in [0.25, 0.3) is 0 Å². The van der Waals surface area contributed by atoms with E-state index in [0.29, 0.717) is 11.1 Å². The van der Waals surface area contributed by atoms with Crippen molar-refractivity contribution >= 4 is 47.0 Å². The molecule has 3 aliphatic rings. The molecule has 3 aliphatic heterocycles. The quantitative estimate of drug-likeness (QED) is 0.0109. The number of aliphatic hydroxyl groups is 8. The zero-order valence-corrected chi connectivity index (χ0v) is 45.4. The van der Waals surface area contributed by atoms with E-state index in [2.05, 4.69) is 0 Å². The number of aliphatic carboxylic acids is 1. The maximum Gasteiger partial charge on any atom is 0.402 e. The van der Waals surface area contributed by atoms with Crippen molar-refractivity contribution in [1.29, 1.82) is 0 Å². The summed E-state index contributed by atoms with van der Waals surface area (Å²) in [7, 11) is 2.61. The van der Waals surface area contributed by atoms with Crippen LogP contribution in [0.2, 0.25) is 0 Å². The molecule has 3 fully saturated rings. The third-order valence-electron chi connectivity index (χ3n) is 13.6. The Labute approximate surface area is 489 Å². The molecule has 0 bridgehead atoms. The second-order valence-electron chi connectivity index (χ2n) is 19.6. The van der Waals surface area contributed by atoms with Gasteiger partial charge in [0, 0.05) is 36.4 Å². The number of carbonyl (C=O) groups excluding carboxylic acids is 3. The van der Waals surface area contributed by atoms with Gasteiger partial charge in [0.2, 0.25) is 18.3 Å². The molecule has 8 rings (SSSR count). The van der Waals surface area contributed by atoms with Gasteiger partial charge in [0.05, 0.1) is 25.8 Å². The van der Waals surface area contributed by atoms with E-state index >= 15 is 0 Å². The smallest absolute Gasteiger partial charge is 0.402 e. The Morgan fingerprint density at radius 3 is 1.53 bits per heavy atom. The number of carbonyl (C=O) groups is 4. The van der Waals surface area contributed by atoms with E-state index in [1.54, 1.807) is 0 Å². The summed E-state index contributed by atoms with van der Waals surface area (Å²) in [6, 6.07) is 13.0. The Morgan fingerprint density at radius 2 is 1.00 bits per heavy atom. The maximum atomic E-state index is 13.1. The molecule has 0 amide bonds. The fraction of sp³-hybridized carbons (Fsp3) is 0.375. The molecule has 0 aliphatic carbocycles. The lowest BCUT2D eigenvalue weighted by atomic mass is 9.97. The number of ether oxygens (including phenoxy) is 11. The molecular formula is C56H59O31+. The van der Waals surface area contributed by atoms with Crippen molar-refractivity contribution in [1.82, 2.24) is 0 Å². The van der Waals surface area contributed by atoms with E-state index in [-0.39, 0.29) is 39.5 Å². The summed E-state index contributed by atoms with van der Waals surface area (Å²) in [5.74, 6) is -10.2. The normalized spacial score (nSPS) is 27.4. The monoisotopic (exact) mass is 1230 g/mol.